The fourth-order valence-electron chi connectivity index (χ4n) is 1.46. The van der Waals surface area contributed by atoms with Crippen LogP contribution in [-0.2, 0) is 0 Å². The maximum absolute atomic E-state index is 6.09. The second-order valence-electron chi connectivity index (χ2n) is 4.01. The summed E-state index contributed by atoms with van der Waals surface area (Å²) in [4.78, 5) is 11.7. The molecule has 0 saturated heterocycles. The smallest absolute Gasteiger partial charge is 0.159 e. The number of halogens is 1. The third-order valence-corrected chi connectivity index (χ3v) is 2.88. The van der Waals surface area contributed by atoms with Gasteiger partial charge in [-0.25, -0.2) is 4.98 Å². The summed E-state index contributed by atoms with van der Waals surface area (Å²) in [6.45, 7) is 4.18. The van der Waals surface area contributed by atoms with Crippen molar-refractivity contribution >= 4 is 23.8 Å². The van der Waals surface area contributed by atoms with Crippen molar-refractivity contribution in [1.82, 2.24) is 15.0 Å². The molecule has 2 rings (SSSR count). The normalized spacial score (nSPS) is 10.8. The largest absolute Gasteiger partial charge is 0.342 e. The molecule has 1 N–H and O–H groups in total. The van der Waals surface area contributed by atoms with Crippen molar-refractivity contribution in [3.8, 4) is 11.5 Å². The highest BCUT2D eigenvalue weighted by Crippen LogP contribution is 2.23. The van der Waals surface area contributed by atoms with Crippen LogP contribution in [0.3, 0.4) is 0 Å². The minimum atomic E-state index is 0.348. The molecule has 0 aliphatic rings. The number of pyridine rings is 1. The molecule has 0 aliphatic heterocycles. The number of rotatable bonds is 2. The van der Waals surface area contributed by atoms with Gasteiger partial charge in [-0.15, -0.1) is 0 Å². The van der Waals surface area contributed by atoms with Crippen molar-refractivity contribution in [2.75, 3.05) is 0 Å². The van der Waals surface area contributed by atoms with E-state index in [2.05, 4.69) is 28.8 Å². The molecule has 0 amide bonds. The molecule has 2 aromatic rings. The SMILES string of the molecule is CC(C)c1cc(=S)nc(-c2ncccc2Cl)[nH]1. The van der Waals surface area contributed by atoms with Crippen LogP contribution in [0.25, 0.3) is 11.5 Å². The Morgan fingerprint density at radius 2 is 2.18 bits per heavy atom. The molecule has 0 radical (unpaired) electrons. The fourth-order valence-corrected chi connectivity index (χ4v) is 1.89. The van der Waals surface area contributed by atoms with Crippen molar-refractivity contribution in [3.05, 3.63) is 39.8 Å². The molecule has 0 saturated carbocycles. The zero-order valence-electron chi connectivity index (χ0n) is 9.57. The molecule has 5 heteroatoms. The van der Waals surface area contributed by atoms with Crippen molar-refractivity contribution in [1.29, 1.82) is 0 Å². The molecule has 0 bridgehead atoms. The number of nitrogens with one attached hydrogen (secondary N) is 1. The van der Waals surface area contributed by atoms with Gasteiger partial charge in [0.2, 0.25) is 0 Å². The molecule has 0 aromatic carbocycles. The molecule has 2 aromatic heterocycles. The average Bonchev–Trinajstić information content (AvgIpc) is 2.28. The Hall–Kier alpha value is -1.26. The van der Waals surface area contributed by atoms with Gasteiger partial charge in [0, 0.05) is 11.9 Å². The first kappa shape index (κ1) is 12.2. The molecule has 0 unspecified atom stereocenters. The number of nitrogens with zero attached hydrogens (tertiary/aromatic N) is 2. The van der Waals surface area contributed by atoms with Gasteiger partial charge in [-0.1, -0.05) is 37.7 Å². The standard InChI is InChI=1S/C12H12ClN3S/c1-7(2)9-6-10(17)16-12(15-9)11-8(13)4-3-5-14-11/h3-7H,1-2H3,(H,15,16,17). The Kier molecular flexibility index (Phi) is 3.54. The number of aromatic amines is 1. The van der Waals surface area contributed by atoms with Crippen LogP contribution in [0.5, 0.6) is 0 Å². The molecule has 0 aliphatic carbocycles. The van der Waals surface area contributed by atoms with Crippen molar-refractivity contribution < 1.29 is 0 Å². The average molecular weight is 266 g/mol. The first-order valence-electron chi connectivity index (χ1n) is 5.30. The second-order valence-corrected chi connectivity index (χ2v) is 4.84. The monoisotopic (exact) mass is 265 g/mol. The summed E-state index contributed by atoms with van der Waals surface area (Å²) in [5.41, 5.74) is 1.66. The highest BCUT2D eigenvalue weighted by Gasteiger charge is 2.09. The molecule has 2 heterocycles. The number of aromatic nitrogens is 3. The van der Waals surface area contributed by atoms with Crippen LogP contribution < -0.4 is 0 Å². The lowest BCUT2D eigenvalue weighted by atomic mass is 10.1. The van der Waals surface area contributed by atoms with E-state index < -0.39 is 0 Å². The zero-order valence-corrected chi connectivity index (χ0v) is 11.1. The molecule has 0 atom stereocenters. The Bertz CT molecular complexity index is 592. The zero-order chi connectivity index (χ0) is 12.4. The van der Waals surface area contributed by atoms with Crippen LogP contribution in [0.4, 0.5) is 0 Å². The summed E-state index contributed by atoms with van der Waals surface area (Å²) in [6, 6.07) is 5.43. The van der Waals surface area contributed by atoms with Crippen LogP contribution in [0.1, 0.15) is 25.5 Å². The summed E-state index contributed by atoms with van der Waals surface area (Å²) >= 11 is 11.2. The van der Waals surface area contributed by atoms with E-state index >= 15 is 0 Å². The maximum atomic E-state index is 6.09. The lowest BCUT2D eigenvalue weighted by Crippen LogP contribution is -1.99. The Balaban J connectivity index is 2.60. The van der Waals surface area contributed by atoms with E-state index in [0.717, 1.165) is 5.69 Å². The van der Waals surface area contributed by atoms with Crippen LogP contribution in [-0.4, -0.2) is 15.0 Å². The molecular formula is C12H12ClN3S. The topological polar surface area (TPSA) is 41.6 Å². The molecule has 3 nitrogen and oxygen atoms in total. The van der Waals surface area contributed by atoms with E-state index in [4.69, 9.17) is 23.8 Å². The lowest BCUT2D eigenvalue weighted by molar-refractivity contribution is 0.814. The third-order valence-electron chi connectivity index (χ3n) is 2.37. The van der Waals surface area contributed by atoms with Gasteiger partial charge >= 0.3 is 0 Å². The minimum Gasteiger partial charge on any atom is -0.342 e. The van der Waals surface area contributed by atoms with Crippen LogP contribution in [0, 0.1) is 4.64 Å². The van der Waals surface area contributed by atoms with E-state index in [-0.39, 0.29) is 0 Å². The summed E-state index contributed by atoms with van der Waals surface area (Å²) in [7, 11) is 0. The highest BCUT2D eigenvalue weighted by atomic mass is 35.5. The van der Waals surface area contributed by atoms with Crippen molar-refractivity contribution in [2.45, 2.75) is 19.8 Å². The number of hydrogen-bond donors (Lipinski definition) is 1. The van der Waals surface area contributed by atoms with Gasteiger partial charge in [0.25, 0.3) is 0 Å². The van der Waals surface area contributed by atoms with Gasteiger partial charge in [0.05, 0.1) is 5.02 Å². The van der Waals surface area contributed by atoms with Crippen molar-refractivity contribution in [2.24, 2.45) is 0 Å². The van der Waals surface area contributed by atoms with Gasteiger partial charge in [-0.05, 0) is 24.1 Å². The quantitative estimate of drug-likeness (QED) is 0.835. The van der Waals surface area contributed by atoms with E-state index in [9.17, 15) is 0 Å². The van der Waals surface area contributed by atoms with E-state index in [0.29, 0.717) is 27.1 Å². The minimum absolute atomic E-state index is 0.348. The van der Waals surface area contributed by atoms with Gasteiger partial charge in [-0.2, -0.15) is 0 Å². The highest BCUT2D eigenvalue weighted by molar-refractivity contribution is 7.71. The first-order valence-corrected chi connectivity index (χ1v) is 6.08. The van der Waals surface area contributed by atoms with E-state index in [1.165, 1.54) is 0 Å². The summed E-state index contributed by atoms with van der Waals surface area (Å²) in [6.07, 6.45) is 1.68. The predicted molar refractivity (Wildman–Crippen MR) is 71.8 cm³/mol. The maximum Gasteiger partial charge on any atom is 0.159 e. The third kappa shape index (κ3) is 2.70. The Morgan fingerprint density at radius 1 is 1.41 bits per heavy atom. The summed E-state index contributed by atoms with van der Waals surface area (Å²) in [5.74, 6) is 0.965. The number of hydrogen-bond acceptors (Lipinski definition) is 3. The fraction of sp³-hybridized carbons (Fsp3) is 0.250. The van der Waals surface area contributed by atoms with Gasteiger partial charge in [0.15, 0.2) is 5.82 Å². The van der Waals surface area contributed by atoms with Crippen LogP contribution in [0.2, 0.25) is 5.02 Å². The first-order chi connectivity index (χ1) is 8.08. The molecule has 17 heavy (non-hydrogen) atoms. The summed E-state index contributed by atoms with van der Waals surface area (Å²) in [5, 5.41) is 0.562. The number of H-pyrrole nitrogens is 1. The van der Waals surface area contributed by atoms with Gasteiger partial charge in [0.1, 0.15) is 10.3 Å². The van der Waals surface area contributed by atoms with Crippen LogP contribution >= 0.6 is 23.8 Å². The van der Waals surface area contributed by atoms with Gasteiger partial charge < -0.3 is 4.98 Å². The summed E-state index contributed by atoms with van der Waals surface area (Å²) < 4.78 is 0.546. The lowest BCUT2D eigenvalue weighted by Gasteiger charge is -2.08. The molecular weight excluding hydrogens is 254 g/mol. The Labute approximate surface area is 110 Å². The van der Waals surface area contributed by atoms with E-state index in [1.54, 1.807) is 18.3 Å². The van der Waals surface area contributed by atoms with E-state index in [1.807, 2.05) is 6.07 Å². The van der Waals surface area contributed by atoms with Crippen LogP contribution in [0.15, 0.2) is 24.4 Å². The van der Waals surface area contributed by atoms with Gasteiger partial charge in [-0.3, -0.25) is 4.98 Å². The Morgan fingerprint density at radius 3 is 2.82 bits per heavy atom. The molecule has 0 spiro atoms. The molecule has 0 fully saturated rings. The van der Waals surface area contributed by atoms with Crippen molar-refractivity contribution in [3.63, 3.8) is 0 Å². The predicted octanol–water partition coefficient (Wildman–Crippen LogP) is 3.98. The second kappa shape index (κ2) is 4.94. The molecule has 88 valence electrons.